The SMILES string of the molecule is CC(C)N(CC1CCC(=O)N1)C(=O)NCCc1ccc(-c2ccccc2)cc1. The number of hydrogen-bond donors (Lipinski definition) is 2. The molecule has 3 amide bonds. The first-order valence-electron chi connectivity index (χ1n) is 10.0. The molecule has 1 saturated heterocycles. The molecule has 1 unspecified atom stereocenters. The number of nitrogens with zero attached hydrogens (tertiary/aromatic N) is 1. The van der Waals surface area contributed by atoms with Crippen LogP contribution in [0.5, 0.6) is 0 Å². The molecule has 148 valence electrons. The summed E-state index contributed by atoms with van der Waals surface area (Å²) >= 11 is 0. The van der Waals surface area contributed by atoms with Gasteiger partial charge >= 0.3 is 6.03 Å². The Labute approximate surface area is 167 Å². The predicted molar refractivity (Wildman–Crippen MR) is 112 cm³/mol. The third kappa shape index (κ3) is 5.35. The summed E-state index contributed by atoms with van der Waals surface area (Å²) in [5.74, 6) is 0.0769. The van der Waals surface area contributed by atoms with E-state index < -0.39 is 0 Å². The third-order valence-electron chi connectivity index (χ3n) is 5.14. The van der Waals surface area contributed by atoms with Gasteiger partial charge in [-0.25, -0.2) is 4.79 Å². The Bertz CT molecular complexity index is 787. The average Bonchev–Trinajstić information content (AvgIpc) is 3.12. The maximum absolute atomic E-state index is 12.6. The van der Waals surface area contributed by atoms with Crippen LogP contribution in [0.3, 0.4) is 0 Å². The molecule has 1 heterocycles. The van der Waals surface area contributed by atoms with Crippen molar-refractivity contribution in [3.8, 4) is 11.1 Å². The first kappa shape index (κ1) is 19.9. The van der Waals surface area contributed by atoms with E-state index in [2.05, 4.69) is 47.0 Å². The van der Waals surface area contributed by atoms with Crippen LogP contribution in [0.25, 0.3) is 11.1 Å². The summed E-state index contributed by atoms with van der Waals surface area (Å²) in [6.07, 6.45) is 2.13. The maximum Gasteiger partial charge on any atom is 0.317 e. The van der Waals surface area contributed by atoms with Crippen LogP contribution in [0, 0.1) is 0 Å². The third-order valence-corrected chi connectivity index (χ3v) is 5.14. The molecule has 0 aromatic heterocycles. The van der Waals surface area contributed by atoms with Gasteiger partial charge in [0.2, 0.25) is 5.91 Å². The number of amides is 3. The van der Waals surface area contributed by atoms with Crippen LogP contribution in [-0.4, -0.2) is 42.0 Å². The van der Waals surface area contributed by atoms with Gasteiger partial charge in [-0.05, 0) is 43.4 Å². The minimum absolute atomic E-state index is 0.0613. The van der Waals surface area contributed by atoms with Gasteiger partial charge in [-0.15, -0.1) is 0 Å². The lowest BCUT2D eigenvalue weighted by molar-refractivity contribution is -0.119. The van der Waals surface area contributed by atoms with Crippen LogP contribution in [-0.2, 0) is 11.2 Å². The Morgan fingerprint density at radius 3 is 2.39 bits per heavy atom. The van der Waals surface area contributed by atoms with Gasteiger partial charge in [0, 0.05) is 31.6 Å². The van der Waals surface area contributed by atoms with Crippen LogP contribution in [0.2, 0.25) is 0 Å². The van der Waals surface area contributed by atoms with Crippen molar-refractivity contribution < 1.29 is 9.59 Å². The zero-order valence-electron chi connectivity index (χ0n) is 16.7. The fourth-order valence-corrected chi connectivity index (χ4v) is 3.49. The van der Waals surface area contributed by atoms with Gasteiger partial charge in [-0.2, -0.15) is 0 Å². The molecule has 0 radical (unpaired) electrons. The summed E-state index contributed by atoms with van der Waals surface area (Å²) < 4.78 is 0. The number of urea groups is 1. The Balaban J connectivity index is 1.49. The van der Waals surface area contributed by atoms with Crippen molar-refractivity contribution in [3.05, 3.63) is 60.2 Å². The molecule has 1 aliphatic rings. The minimum Gasteiger partial charge on any atom is -0.352 e. The van der Waals surface area contributed by atoms with Gasteiger partial charge in [0.25, 0.3) is 0 Å². The van der Waals surface area contributed by atoms with Crippen molar-refractivity contribution in [2.75, 3.05) is 13.1 Å². The highest BCUT2D eigenvalue weighted by atomic mass is 16.2. The zero-order valence-corrected chi connectivity index (χ0v) is 16.7. The molecule has 1 fully saturated rings. The summed E-state index contributed by atoms with van der Waals surface area (Å²) in [5.41, 5.74) is 3.59. The van der Waals surface area contributed by atoms with Crippen molar-refractivity contribution in [1.29, 1.82) is 0 Å². The Kier molecular flexibility index (Phi) is 6.69. The van der Waals surface area contributed by atoms with Gasteiger partial charge in [0.05, 0.1) is 0 Å². The standard InChI is InChI=1S/C23H29N3O2/c1-17(2)26(16-21-12-13-22(27)25-21)23(28)24-15-14-18-8-10-20(11-9-18)19-6-4-3-5-7-19/h3-11,17,21H,12-16H2,1-2H3,(H,24,28)(H,25,27). The second kappa shape index (κ2) is 9.40. The van der Waals surface area contributed by atoms with E-state index in [0.29, 0.717) is 19.5 Å². The topological polar surface area (TPSA) is 61.4 Å². The summed E-state index contributed by atoms with van der Waals surface area (Å²) in [6.45, 7) is 5.14. The van der Waals surface area contributed by atoms with Gasteiger partial charge in [-0.3, -0.25) is 4.79 Å². The highest BCUT2D eigenvalue weighted by Crippen LogP contribution is 2.19. The van der Waals surface area contributed by atoms with Crippen LogP contribution in [0.1, 0.15) is 32.3 Å². The quantitative estimate of drug-likeness (QED) is 0.772. The van der Waals surface area contributed by atoms with E-state index in [1.54, 1.807) is 4.90 Å². The largest absolute Gasteiger partial charge is 0.352 e. The first-order chi connectivity index (χ1) is 13.5. The normalized spacial score (nSPS) is 16.1. The summed E-state index contributed by atoms with van der Waals surface area (Å²) in [7, 11) is 0. The Hall–Kier alpha value is -2.82. The smallest absolute Gasteiger partial charge is 0.317 e. The molecule has 0 spiro atoms. The lowest BCUT2D eigenvalue weighted by atomic mass is 10.0. The van der Waals surface area contributed by atoms with Crippen molar-refractivity contribution >= 4 is 11.9 Å². The first-order valence-corrected chi connectivity index (χ1v) is 10.0. The number of benzene rings is 2. The van der Waals surface area contributed by atoms with E-state index >= 15 is 0 Å². The monoisotopic (exact) mass is 379 g/mol. The lowest BCUT2D eigenvalue weighted by Crippen LogP contribution is -2.49. The molecule has 3 rings (SSSR count). The summed E-state index contributed by atoms with van der Waals surface area (Å²) in [6, 6.07) is 18.8. The molecule has 1 aliphatic heterocycles. The number of rotatable bonds is 7. The Morgan fingerprint density at radius 1 is 1.11 bits per heavy atom. The fourth-order valence-electron chi connectivity index (χ4n) is 3.49. The van der Waals surface area contributed by atoms with Crippen molar-refractivity contribution in [2.45, 2.75) is 45.2 Å². The highest BCUT2D eigenvalue weighted by Gasteiger charge is 2.26. The number of carbonyl (C=O) groups is 2. The summed E-state index contributed by atoms with van der Waals surface area (Å²) in [4.78, 5) is 25.8. The van der Waals surface area contributed by atoms with Crippen LogP contribution in [0.4, 0.5) is 4.79 Å². The van der Waals surface area contributed by atoms with Crippen molar-refractivity contribution in [1.82, 2.24) is 15.5 Å². The average molecular weight is 380 g/mol. The van der Waals surface area contributed by atoms with Crippen molar-refractivity contribution in [2.24, 2.45) is 0 Å². The molecule has 0 aliphatic carbocycles. The van der Waals surface area contributed by atoms with Gasteiger partial charge in [0.15, 0.2) is 0 Å². The highest BCUT2D eigenvalue weighted by molar-refractivity contribution is 5.79. The Morgan fingerprint density at radius 2 is 1.79 bits per heavy atom. The molecule has 2 aromatic rings. The molecular formula is C23H29N3O2. The van der Waals surface area contributed by atoms with E-state index in [-0.39, 0.29) is 24.0 Å². The molecule has 28 heavy (non-hydrogen) atoms. The zero-order chi connectivity index (χ0) is 19.9. The number of hydrogen-bond acceptors (Lipinski definition) is 2. The molecule has 2 aromatic carbocycles. The maximum atomic E-state index is 12.6. The fraction of sp³-hybridized carbons (Fsp3) is 0.391. The van der Waals surface area contributed by atoms with E-state index in [4.69, 9.17) is 0 Å². The van der Waals surface area contributed by atoms with Gasteiger partial charge in [0.1, 0.15) is 0 Å². The van der Waals surface area contributed by atoms with E-state index in [1.165, 1.54) is 16.7 Å². The van der Waals surface area contributed by atoms with Gasteiger partial charge in [-0.1, -0.05) is 54.6 Å². The van der Waals surface area contributed by atoms with Crippen LogP contribution in [0.15, 0.2) is 54.6 Å². The number of nitrogens with one attached hydrogen (secondary N) is 2. The van der Waals surface area contributed by atoms with Crippen molar-refractivity contribution in [3.63, 3.8) is 0 Å². The second-order valence-electron chi connectivity index (χ2n) is 7.59. The molecular weight excluding hydrogens is 350 g/mol. The minimum atomic E-state index is -0.0722. The van der Waals surface area contributed by atoms with E-state index in [9.17, 15) is 9.59 Å². The van der Waals surface area contributed by atoms with Crippen LogP contribution < -0.4 is 10.6 Å². The number of carbonyl (C=O) groups excluding carboxylic acids is 2. The van der Waals surface area contributed by atoms with Gasteiger partial charge < -0.3 is 15.5 Å². The molecule has 5 heteroatoms. The van der Waals surface area contributed by atoms with E-state index in [0.717, 1.165) is 12.8 Å². The predicted octanol–water partition coefficient (Wildman–Crippen LogP) is 3.59. The van der Waals surface area contributed by atoms with E-state index in [1.807, 2.05) is 32.0 Å². The molecule has 0 bridgehead atoms. The summed E-state index contributed by atoms with van der Waals surface area (Å²) in [5, 5.41) is 5.95. The molecule has 5 nitrogen and oxygen atoms in total. The molecule has 2 N–H and O–H groups in total. The second-order valence-corrected chi connectivity index (χ2v) is 7.59. The molecule has 0 saturated carbocycles. The lowest BCUT2D eigenvalue weighted by Gasteiger charge is -2.29. The van der Waals surface area contributed by atoms with Crippen LogP contribution >= 0.6 is 0 Å². The molecule has 1 atom stereocenters.